The zero-order valence-corrected chi connectivity index (χ0v) is 12.0. The van der Waals surface area contributed by atoms with Gasteiger partial charge in [-0.05, 0) is 39.3 Å². The molecule has 1 fully saturated rings. The summed E-state index contributed by atoms with van der Waals surface area (Å²) in [5, 5.41) is 0. The van der Waals surface area contributed by atoms with Gasteiger partial charge in [0.15, 0.2) is 0 Å². The Labute approximate surface area is 109 Å². The summed E-state index contributed by atoms with van der Waals surface area (Å²) >= 11 is 0. The van der Waals surface area contributed by atoms with Crippen LogP contribution < -0.4 is 0 Å². The third-order valence-electron chi connectivity index (χ3n) is 3.11. The number of likely N-dealkylation sites (tertiary alicyclic amines) is 1. The Hall–Kier alpha value is -0.620. The van der Waals surface area contributed by atoms with Gasteiger partial charge in [0.1, 0.15) is 9.84 Å². The third-order valence-corrected chi connectivity index (χ3v) is 4.15. The molecule has 18 heavy (non-hydrogen) atoms. The van der Waals surface area contributed by atoms with E-state index in [1.54, 1.807) is 0 Å². The van der Waals surface area contributed by atoms with Gasteiger partial charge < -0.3 is 9.64 Å². The van der Waals surface area contributed by atoms with Crippen LogP contribution >= 0.6 is 0 Å². The van der Waals surface area contributed by atoms with E-state index in [-0.39, 0.29) is 17.6 Å². The Morgan fingerprint density at radius 3 is 2.78 bits per heavy atom. The van der Waals surface area contributed by atoms with Crippen LogP contribution in [-0.4, -0.2) is 57.5 Å². The summed E-state index contributed by atoms with van der Waals surface area (Å²) < 4.78 is 27.1. The minimum atomic E-state index is -2.88. The molecule has 0 aromatic carbocycles. The Kier molecular flexibility index (Phi) is 6.08. The second kappa shape index (κ2) is 7.09. The molecule has 0 N–H and O–H groups in total. The Balaban J connectivity index is 2.33. The normalized spacial score (nSPS) is 21.8. The molecule has 1 atom stereocenters. The van der Waals surface area contributed by atoms with Crippen LogP contribution in [0.1, 0.15) is 26.2 Å². The lowest BCUT2D eigenvalue weighted by molar-refractivity contribution is -0.149. The summed E-state index contributed by atoms with van der Waals surface area (Å²) in [6, 6.07) is 0. The predicted molar refractivity (Wildman–Crippen MR) is 70.1 cm³/mol. The highest BCUT2D eigenvalue weighted by atomic mass is 32.2. The first-order chi connectivity index (χ1) is 8.42. The minimum Gasteiger partial charge on any atom is -0.466 e. The maximum absolute atomic E-state index is 11.6. The van der Waals surface area contributed by atoms with Crippen LogP contribution in [0.25, 0.3) is 0 Å². The maximum atomic E-state index is 11.6. The fraction of sp³-hybridized carbons (Fsp3) is 0.917. The lowest BCUT2D eigenvalue weighted by Gasteiger charge is -2.31. The van der Waals surface area contributed by atoms with Gasteiger partial charge in [0.2, 0.25) is 0 Å². The van der Waals surface area contributed by atoms with Gasteiger partial charge in [-0.3, -0.25) is 4.79 Å². The SMILES string of the molecule is CCOC(=O)[C@@H]1CCCN(CCCS(C)(=O)=O)C1. The van der Waals surface area contributed by atoms with Crippen LogP contribution in [-0.2, 0) is 19.4 Å². The molecule has 1 aliphatic rings. The molecule has 5 nitrogen and oxygen atoms in total. The van der Waals surface area contributed by atoms with Gasteiger partial charge in [-0.15, -0.1) is 0 Å². The van der Waals surface area contributed by atoms with Crippen molar-refractivity contribution in [2.24, 2.45) is 5.92 Å². The quantitative estimate of drug-likeness (QED) is 0.669. The predicted octanol–water partition coefficient (Wildman–Crippen LogP) is 0.696. The molecule has 0 aromatic heterocycles. The molecule has 0 spiro atoms. The van der Waals surface area contributed by atoms with E-state index in [1.165, 1.54) is 6.26 Å². The number of nitrogens with zero attached hydrogens (tertiary/aromatic N) is 1. The number of sulfone groups is 1. The molecule has 0 unspecified atom stereocenters. The number of carbonyl (C=O) groups excluding carboxylic acids is 1. The first-order valence-corrected chi connectivity index (χ1v) is 8.55. The van der Waals surface area contributed by atoms with Crippen molar-refractivity contribution in [1.29, 1.82) is 0 Å². The van der Waals surface area contributed by atoms with E-state index in [9.17, 15) is 13.2 Å². The Morgan fingerprint density at radius 2 is 2.17 bits per heavy atom. The van der Waals surface area contributed by atoms with Crippen molar-refractivity contribution in [3.63, 3.8) is 0 Å². The molecule has 1 heterocycles. The molecule has 0 bridgehead atoms. The Bertz CT molecular complexity index is 366. The lowest BCUT2D eigenvalue weighted by atomic mass is 9.98. The van der Waals surface area contributed by atoms with Gasteiger partial charge in [0.05, 0.1) is 18.3 Å². The van der Waals surface area contributed by atoms with E-state index in [0.717, 1.165) is 25.9 Å². The number of piperidine rings is 1. The number of hydrogen-bond acceptors (Lipinski definition) is 5. The van der Waals surface area contributed by atoms with Gasteiger partial charge >= 0.3 is 5.97 Å². The summed E-state index contributed by atoms with van der Waals surface area (Å²) in [6.45, 7) is 4.61. The van der Waals surface area contributed by atoms with Crippen LogP contribution in [0.5, 0.6) is 0 Å². The smallest absolute Gasteiger partial charge is 0.310 e. The lowest BCUT2D eigenvalue weighted by Crippen LogP contribution is -2.40. The molecule has 1 saturated heterocycles. The fourth-order valence-electron chi connectivity index (χ4n) is 2.26. The number of carbonyl (C=O) groups is 1. The highest BCUT2D eigenvalue weighted by molar-refractivity contribution is 7.90. The second-order valence-electron chi connectivity index (χ2n) is 4.88. The summed E-state index contributed by atoms with van der Waals surface area (Å²) in [5.41, 5.74) is 0. The van der Waals surface area contributed by atoms with Crippen molar-refractivity contribution in [3.05, 3.63) is 0 Å². The largest absolute Gasteiger partial charge is 0.466 e. The maximum Gasteiger partial charge on any atom is 0.310 e. The summed E-state index contributed by atoms with van der Waals surface area (Å²) in [6.07, 6.45) is 3.74. The standard InChI is InChI=1S/C12H23NO4S/c1-3-17-12(14)11-6-4-7-13(10-11)8-5-9-18(2,15)16/h11H,3-10H2,1-2H3/t11-/m1/s1. The number of esters is 1. The molecule has 106 valence electrons. The van der Waals surface area contributed by atoms with Crippen LogP contribution in [0.3, 0.4) is 0 Å². The highest BCUT2D eigenvalue weighted by Gasteiger charge is 2.26. The van der Waals surface area contributed by atoms with Gasteiger partial charge in [0.25, 0.3) is 0 Å². The van der Waals surface area contributed by atoms with E-state index < -0.39 is 9.84 Å². The van der Waals surface area contributed by atoms with Crippen molar-refractivity contribution >= 4 is 15.8 Å². The first-order valence-electron chi connectivity index (χ1n) is 6.49. The van der Waals surface area contributed by atoms with E-state index in [0.29, 0.717) is 19.6 Å². The summed E-state index contributed by atoms with van der Waals surface area (Å²) in [5.74, 6) is 0.0513. The Morgan fingerprint density at radius 1 is 1.44 bits per heavy atom. The van der Waals surface area contributed by atoms with Gasteiger partial charge in [-0.2, -0.15) is 0 Å². The molecule has 0 aliphatic carbocycles. The van der Waals surface area contributed by atoms with Crippen molar-refractivity contribution in [2.75, 3.05) is 38.2 Å². The summed E-state index contributed by atoms with van der Waals surface area (Å²) in [4.78, 5) is 13.8. The fourth-order valence-corrected chi connectivity index (χ4v) is 2.91. The van der Waals surface area contributed by atoms with E-state index in [4.69, 9.17) is 4.74 Å². The van der Waals surface area contributed by atoms with Crippen LogP contribution in [0.15, 0.2) is 0 Å². The third kappa shape index (κ3) is 5.82. The second-order valence-corrected chi connectivity index (χ2v) is 7.13. The molecule has 1 aliphatic heterocycles. The minimum absolute atomic E-state index is 0.0445. The average Bonchev–Trinajstić information content (AvgIpc) is 2.28. The van der Waals surface area contributed by atoms with Crippen molar-refractivity contribution in [2.45, 2.75) is 26.2 Å². The van der Waals surface area contributed by atoms with Crippen molar-refractivity contribution < 1.29 is 17.9 Å². The van der Waals surface area contributed by atoms with Gasteiger partial charge in [0, 0.05) is 12.8 Å². The van der Waals surface area contributed by atoms with Crippen molar-refractivity contribution in [1.82, 2.24) is 4.90 Å². The van der Waals surface area contributed by atoms with Crippen molar-refractivity contribution in [3.8, 4) is 0 Å². The monoisotopic (exact) mass is 277 g/mol. The zero-order chi connectivity index (χ0) is 13.6. The van der Waals surface area contributed by atoms with Gasteiger partial charge in [-0.25, -0.2) is 8.42 Å². The molecular formula is C12H23NO4S. The zero-order valence-electron chi connectivity index (χ0n) is 11.2. The van der Waals surface area contributed by atoms with E-state index >= 15 is 0 Å². The topological polar surface area (TPSA) is 63.7 Å². The number of hydrogen-bond donors (Lipinski definition) is 0. The molecule has 0 radical (unpaired) electrons. The van der Waals surface area contributed by atoms with Crippen LogP contribution in [0.4, 0.5) is 0 Å². The molecular weight excluding hydrogens is 254 g/mol. The van der Waals surface area contributed by atoms with Gasteiger partial charge in [-0.1, -0.05) is 0 Å². The molecule has 0 saturated carbocycles. The number of ether oxygens (including phenoxy) is 1. The molecule has 0 aromatic rings. The van der Waals surface area contributed by atoms with E-state index in [2.05, 4.69) is 4.90 Å². The van der Waals surface area contributed by atoms with Crippen LogP contribution in [0.2, 0.25) is 0 Å². The highest BCUT2D eigenvalue weighted by Crippen LogP contribution is 2.18. The van der Waals surface area contributed by atoms with E-state index in [1.807, 2.05) is 6.92 Å². The molecule has 6 heteroatoms. The summed E-state index contributed by atoms with van der Waals surface area (Å²) in [7, 11) is -2.88. The number of rotatable bonds is 6. The molecule has 1 rings (SSSR count). The average molecular weight is 277 g/mol. The first kappa shape index (κ1) is 15.4. The molecule has 0 amide bonds. The van der Waals surface area contributed by atoms with Crippen LogP contribution in [0, 0.1) is 5.92 Å².